The first kappa shape index (κ1) is 20.6. The van der Waals surface area contributed by atoms with E-state index in [2.05, 4.69) is 20.6 Å². The van der Waals surface area contributed by atoms with Crippen molar-refractivity contribution in [2.45, 2.75) is 12.6 Å². The van der Waals surface area contributed by atoms with Gasteiger partial charge in [-0.3, -0.25) is 4.99 Å². The molecule has 0 fully saturated rings. The Morgan fingerprint density at radius 1 is 1.31 bits per heavy atom. The van der Waals surface area contributed by atoms with Gasteiger partial charge in [0, 0.05) is 26.5 Å². The molecule has 1 aromatic carbocycles. The smallest absolute Gasteiger partial charge is 0.191 e. The van der Waals surface area contributed by atoms with Crippen molar-refractivity contribution in [3.05, 3.63) is 35.3 Å². The zero-order valence-electron chi connectivity index (χ0n) is 15.1. The van der Waals surface area contributed by atoms with Gasteiger partial charge in [0.1, 0.15) is 12.7 Å². The van der Waals surface area contributed by atoms with Crippen molar-refractivity contribution in [3.63, 3.8) is 0 Å². The highest BCUT2D eigenvalue weighted by molar-refractivity contribution is 14.0. The van der Waals surface area contributed by atoms with Gasteiger partial charge in [0.25, 0.3) is 0 Å². The van der Waals surface area contributed by atoms with E-state index in [0.29, 0.717) is 25.7 Å². The number of thiazole rings is 1. The molecule has 3 rings (SSSR count). The van der Waals surface area contributed by atoms with Crippen LogP contribution in [-0.2, 0) is 6.54 Å². The summed E-state index contributed by atoms with van der Waals surface area (Å²) in [5, 5.41) is 9.57. The molecule has 0 saturated heterocycles. The molecule has 2 N–H and O–H groups in total. The van der Waals surface area contributed by atoms with Crippen LogP contribution in [0, 0.1) is 0 Å². The Morgan fingerprint density at radius 2 is 2.08 bits per heavy atom. The Labute approximate surface area is 174 Å². The average Bonchev–Trinajstić information content (AvgIpc) is 3.11. The number of benzene rings is 1. The Bertz CT molecular complexity index is 737. The molecule has 26 heavy (non-hydrogen) atoms. The van der Waals surface area contributed by atoms with Gasteiger partial charge in [0.15, 0.2) is 22.6 Å². The Kier molecular flexibility index (Phi) is 7.76. The summed E-state index contributed by atoms with van der Waals surface area (Å²) in [6.07, 6.45) is -0.0620. The van der Waals surface area contributed by atoms with E-state index in [1.54, 1.807) is 18.4 Å². The fraction of sp³-hybridized carbons (Fsp3) is 0.412. The van der Waals surface area contributed by atoms with Crippen molar-refractivity contribution < 1.29 is 9.47 Å². The lowest BCUT2D eigenvalue weighted by molar-refractivity contribution is 0.0936. The lowest BCUT2D eigenvalue weighted by Crippen LogP contribution is -2.45. The molecule has 0 spiro atoms. The van der Waals surface area contributed by atoms with Gasteiger partial charge in [-0.1, -0.05) is 12.1 Å². The zero-order chi connectivity index (χ0) is 17.6. The SMILES string of the molecule is CN=C(NCc1csc(N(C)C)n1)NCC1COc2ccccc2O1.I. The van der Waals surface area contributed by atoms with Crippen LogP contribution in [0.2, 0.25) is 0 Å². The fourth-order valence-electron chi connectivity index (χ4n) is 2.35. The summed E-state index contributed by atoms with van der Waals surface area (Å²) < 4.78 is 11.7. The molecule has 0 radical (unpaired) electrons. The van der Waals surface area contributed by atoms with E-state index in [0.717, 1.165) is 22.3 Å². The summed E-state index contributed by atoms with van der Waals surface area (Å²) in [5.74, 6) is 2.28. The number of guanidine groups is 1. The number of anilines is 1. The van der Waals surface area contributed by atoms with E-state index < -0.39 is 0 Å². The van der Waals surface area contributed by atoms with Gasteiger partial charge >= 0.3 is 0 Å². The largest absolute Gasteiger partial charge is 0.486 e. The van der Waals surface area contributed by atoms with Gasteiger partial charge in [-0.25, -0.2) is 4.98 Å². The molecule has 142 valence electrons. The minimum absolute atomic E-state index is 0. The van der Waals surface area contributed by atoms with E-state index >= 15 is 0 Å². The van der Waals surface area contributed by atoms with E-state index in [9.17, 15) is 0 Å². The van der Waals surface area contributed by atoms with Crippen LogP contribution in [0.1, 0.15) is 5.69 Å². The summed E-state index contributed by atoms with van der Waals surface area (Å²) in [5.41, 5.74) is 0.989. The first-order valence-corrected chi connectivity index (χ1v) is 8.98. The molecule has 1 atom stereocenters. The second-order valence-corrected chi connectivity index (χ2v) is 6.66. The number of nitrogens with zero attached hydrogens (tertiary/aromatic N) is 3. The second-order valence-electron chi connectivity index (χ2n) is 5.82. The standard InChI is InChI=1S/C17H23N5O2S.HI/c1-18-16(19-8-12-11-25-17(21-12)22(2)3)20-9-13-10-23-14-6-4-5-7-15(14)24-13;/h4-7,11,13H,8-10H2,1-3H3,(H2,18,19,20);1H. The highest BCUT2D eigenvalue weighted by atomic mass is 127. The zero-order valence-corrected chi connectivity index (χ0v) is 18.2. The highest BCUT2D eigenvalue weighted by Crippen LogP contribution is 2.30. The van der Waals surface area contributed by atoms with E-state index in [1.807, 2.05) is 48.6 Å². The van der Waals surface area contributed by atoms with Crippen LogP contribution in [0.15, 0.2) is 34.6 Å². The minimum atomic E-state index is -0.0620. The van der Waals surface area contributed by atoms with Gasteiger partial charge < -0.3 is 25.0 Å². The molecule has 0 bridgehead atoms. The lowest BCUT2D eigenvalue weighted by atomic mass is 10.2. The Balaban J connectivity index is 0.00000243. The normalized spacial score (nSPS) is 15.8. The van der Waals surface area contributed by atoms with Crippen LogP contribution in [0.25, 0.3) is 0 Å². The van der Waals surface area contributed by atoms with Crippen molar-refractivity contribution in [1.82, 2.24) is 15.6 Å². The minimum Gasteiger partial charge on any atom is -0.486 e. The van der Waals surface area contributed by atoms with Gasteiger partial charge in [-0.05, 0) is 12.1 Å². The number of hydrogen-bond acceptors (Lipinski definition) is 6. The molecule has 0 saturated carbocycles. The average molecular weight is 489 g/mol. The number of fused-ring (bicyclic) bond motifs is 1. The summed E-state index contributed by atoms with van der Waals surface area (Å²) in [4.78, 5) is 10.8. The predicted molar refractivity (Wildman–Crippen MR) is 116 cm³/mol. The maximum absolute atomic E-state index is 5.93. The van der Waals surface area contributed by atoms with Crippen molar-refractivity contribution in [3.8, 4) is 11.5 Å². The second kappa shape index (κ2) is 9.81. The Hall–Kier alpha value is -1.75. The van der Waals surface area contributed by atoms with Gasteiger partial charge in [0.05, 0.1) is 18.8 Å². The quantitative estimate of drug-likeness (QED) is 0.382. The summed E-state index contributed by atoms with van der Waals surface area (Å²) in [7, 11) is 5.72. The number of para-hydroxylation sites is 2. The summed E-state index contributed by atoms with van der Waals surface area (Å²) in [6, 6.07) is 7.70. The third kappa shape index (κ3) is 5.37. The van der Waals surface area contributed by atoms with Crippen molar-refractivity contribution in [2.75, 3.05) is 39.2 Å². The maximum Gasteiger partial charge on any atom is 0.191 e. The third-order valence-electron chi connectivity index (χ3n) is 3.65. The third-order valence-corrected chi connectivity index (χ3v) is 4.70. The molecule has 0 amide bonds. The van der Waals surface area contributed by atoms with E-state index in [4.69, 9.17) is 9.47 Å². The highest BCUT2D eigenvalue weighted by Gasteiger charge is 2.20. The molecule has 0 aliphatic carbocycles. The van der Waals surface area contributed by atoms with Crippen LogP contribution in [-0.4, -0.2) is 51.3 Å². The molecular weight excluding hydrogens is 465 g/mol. The van der Waals surface area contributed by atoms with Crippen LogP contribution >= 0.6 is 35.3 Å². The molecular formula is C17H24IN5O2S. The van der Waals surface area contributed by atoms with Crippen LogP contribution in [0.3, 0.4) is 0 Å². The molecule has 1 aliphatic heterocycles. The first-order valence-electron chi connectivity index (χ1n) is 8.10. The van der Waals surface area contributed by atoms with E-state index in [1.165, 1.54) is 0 Å². The molecule has 2 heterocycles. The molecule has 1 aliphatic rings. The van der Waals surface area contributed by atoms with Gasteiger partial charge in [0.2, 0.25) is 0 Å². The number of halogens is 1. The molecule has 2 aromatic rings. The topological polar surface area (TPSA) is 71.0 Å². The first-order chi connectivity index (χ1) is 12.2. The van der Waals surface area contributed by atoms with Gasteiger partial charge in [-0.2, -0.15) is 0 Å². The molecule has 1 aromatic heterocycles. The number of ether oxygens (including phenoxy) is 2. The molecule has 7 nitrogen and oxygen atoms in total. The fourth-order valence-corrected chi connectivity index (χ4v) is 3.11. The van der Waals surface area contributed by atoms with Crippen LogP contribution in [0.4, 0.5) is 5.13 Å². The van der Waals surface area contributed by atoms with Crippen molar-refractivity contribution in [2.24, 2.45) is 4.99 Å². The Morgan fingerprint density at radius 3 is 2.77 bits per heavy atom. The van der Waals surface area contributed by atoms with Crippen molar-refractivity contribution >= 4 is 46.4 Å². The van der Waals surface area contributed by atoms with Crippen molar-refractivity contribution in [1.29, 1.82) is 0 Å². The van der Waals surface area contributed by atoms with Crippen LogP contribution in [0.5, 0.6) is 11.5 Å². The number of hydrogen-bond donors (Lipinski definition) is 2. The summed E-state index contributed by atoms with van der Waals surface area (Å²) >= 11 is 1.62. The number of rotatable bonds is 5. The van der Waals surface area contributed by atoms with Gasteiger partial charge in [-0.15, -0.1) is 35.3 Å². The monoisotopic (exact) mass is 489 g/mol. The number of aliphatic imine (C=N–C) groups is 1. The van der Waals surface area contributed by atoms with E-state index in [-0.39, 0.29) is 30.1 Å². The number of nitrogens with one attached hydrogen (secondary N) is 2. The van der Waals surface area contributed by atoms with Crippen LogP contribution < -0.4 is 25.0 Å². The molecule has 9 heteroatoms. The predicted octanol–water partition coefficient (Wildman–Crippen LogP) is 2.33. The summed E-state index contributed by atoms with van der Waals surface area (Å²) in [6.45, 7) is 1.74. The number of aromatic nitrogens is 1. The molecule has 1 unspecified atom stereocenters. The lowest BCUT2D eigenvalue weighted by Gasteiger charge is -2.27. The maximum atomic E-state index is 5.93.